The summed E-state index contributed by atoms with van der Waals surface area (Å²) < 4.78 is 5.12. The largest absolute Gasteiger partial charge is 0.449 e. The molecule has 92 valence electrons. The number of carbonyl (C=O) groups excluding carboxylic acids is 1. The predicted molar refractivity (Wildman–Crippen MR) is 68.2 cm³/mol. The van der Waals surface area contributed by atoms with E-state index in [9.17, 15) is 4.79 Å². The molecule has 0 unspecified atom stereocenters. The lowest BCUT2D eigenvalue weighted by Crippen LogP contribution is -2.15. The molecule has 2 rings (SSSR count). The van der Waals surface area contributed by atoms with Crippen LogP contribution in [0.4, 0.5) is 10.5 Å². The fourth-order valence-electron chi connectivity index (χ4n) is 1.61. The lowest BCUT2D eigenvalue weighted by Gasteiger charge is -2.09. The Labute approximate surface area is 102 Å². The van der Waals surface area contributed by atoms with Crippen LogP contribution in [0.3, 0.4) is 0 Å². The summed E-state index contributed by atoms with van der Waals surface area (Å²) in [4.78, 5) is 11.5. The Morgan fingerprint density at radius 3 is 2.88 bits per heavy atom. The van der Waals surface area contributed by atoms with Gasteiger partial charge in [0.2, 0.25) is 0 Å². The third kappa shape index (κ3) is 3.77. The first kappa shape index (κ1) is 12.0. The lowest BCUT2D eigenvalue weighted by molar-refractivity contribution is 0.156. The lowest BCUT2D eigenvalue weighted by atomic mass is 10.0. The maximum absolute atomic E-state index is 11.5. The van der Waals surface area contributed by atoms with E-state index in [2.05, 4.69) is 25.2 Å². The molecule has 0 atom stereocenters. The molecule has 1 fully saturated rings. The summed E-state index contributed by atoms with van der Waals surface area (Å²) in [6, 6.07) is 7.88. The minimum absolute atomic E-state index is 0.349. The smallest absolute Gasteiger partial charge is 0.411 e. The van der Waals surface area contributed by atoms with Crippen LogP contribution in [-0.2, 0) is 4.74 Å². The molecule has 0 saturated heterocycles. The third-order valence-corrected chi connectivity index (χ3v) is 2.95. The van der Waals surface area contributed by atoms with Crippen LogP contribution in [0.15, 0.2) is 24.3 Å². The minimum Gasteiger partial charge on any atom is -0.449 e. The first-order chi connectivity index (χ1) is 8.15. The summed E-state index contributed by atoms with van der Waals surface area (Å²) in [5, 5.41) is 2.76. The molecule has 1 N–H and O–H groups in total. The second-order valence-electron chi connectivity index (χ2n) is 4.95. The molecule has 1 aliphatic carbocycles. The number of hydrogen-bond donors (Lipinski definition) is 1. The van der Waals surface area contributed by atoms with Crippen LogP contribution in [0, 0.1) is 5.92 Å². The van der Waals surface area contributed by atoms with Crippen molar-refractivity contribution >= 4 is 11.8 Å². The zero-order valence-corrected chi connectivity index (χ0v) is 10.4. The van der Waals surface area contributed by atoms with Crippen molar-refractivity contribution in [3.05, 3.63) is 29.8 Å². The van der Waals surface area contributed by atoms with Crippen LogP contribution in [0.5, 0.6) is 0 Å². The van der Waals surface area contributed by atoms with E-state index >= 15 is 0 Å². The Morgan fingerprint density at radius 1 is 1.47 bits per heavy atom. The molecular weight excluding hydrogens is 214 g/mol. The van der Waals surface area contributed by atoms with Crippen molar-refractivity contribution in [2.45, 2.75) is 32.6 Å². The van der Waals surface area contributed by atoms with E-state index in [1.54, 1.807) is 0 Å². The number of carbonyl (C=O) groups is 1. The number of hydrogen-bond acceptors (Lipinski definition) is 2. The van der Waals surface area contributed by atoms with Crippen LogP contribution in [0.1, 0.15) is 38.2 Å². The average Bonchev–Trinajstić information content (AvgIpc) is 3.10. The van der Waals surface area contributed by atoms with Crippen molar-refractivity contribution < 1.29 is 9.53 Å². The molecule has 17 heavy (non-hydrogen) atoms. The van der Waals surface area contributed by atoms with E-state index in [4.69, 9.17) is 4.74 Å². The maximum Gasteiger partial charge on any atom is 0.411 e. The number of amides is 1. The van der Waals surface area contributed by atoms with Gasteiger partial charge in [0.1, 0.15) is 0 Å². The summed E-state index contributed by atoms with van der Waals surface area (Å²) in [6.45, 7) is 4.81. The second-order valence-corrected chi connectivity index (χ2v) is 4.95. The van der Waals surface area contributed by atoms with Gasteiger partial charge in [0.05, 0.1) is 6.61 Å². The molecule has 1 saturated carbocycles. The van der Waals surface area contributed by atoms with Crippen molar-refractivity contribution in [2.75, 3.05) is 11.9 Å². The zero-order chi connectivity index (χ0) is 12.3. The molecular formula is C14H19NO2. The van der Waals surface area contributed by atoms with Gasteiger partial charge in [0.15, 0.2) is 0 Å². The van der Waals surface area contributed by atoms with E-state index in [-0.39, 0.29) is 6.09 Å². The van der Waals surface area contributed by atoms with E-state index in [1.165, 1.54) is 18.4 Å². The molecule has 0 bridgehead atoms. The third-order valence-electron chi connectivity index (χ3n) is 2.95. The Balaban J connectivity index is 1.87. The van der Waals surface area contributed by atoms with Gasteiger partial charge in [-0.2, -0.15) is 0 Å². The molecule has 0 aromatic heterocycles. The van der Waals surface area contributed by atoms with Crippen LogP contribution in [0.2, 0.25) is 0 Å². The van der Waals surface area contributed by atoms with Crippen LogP contribution < -0.4 is 5.32 Å². The van der Waals surface area contributed by atoms with Gasteiger partial charge < -0.3 is 4.74 Å². The van der Waals surface area contributed by atoms with Gasteiger partial charge in [0.25, 0.3) is 0 Å². The molecule has 3 nitrogen and oxygen atoms in total. The molecule has 1 aromatic carbocycles. The van der Waals surface area contributed by atoms with E-state index in [0.29, 0.717) is 18.4 Å². The second kappa shape index (κ2) is 5.21. The molecule has 0 aliphatic heterocycles. The fraction of sp³-hybridized carbons (Fsp3) is 0.500. The van der Waals surface area contributed by atoms with Gasteiger partial charge in [0, 0.05) is 5.69 Å². The van der Waals surface area contributed by atoms with Gasteiger partial charge in [-0.1, -0.05) is 26.0 Å². The zero-order valence-electron chi connectivity index (χ0n) is 10.4. The quantitative estimate of drug-likeness (QED) is 0.859. The summed E-state index contributed by atoms with van der Waals surface area (Å²) in [5.41, 5.74) is 2.02. The van der Waals surface area contributed by atoms with Crippen LogP contribution in [-0.4, -0.2) is 12.7 Å². The molecule has 0 heterocycles. The minimum atomic E-state index is -0.349. The van der Waals surface area contributed by atoms with Crippen LogP contribution in [0.25, 0.3) is 0 Å². The topological polar surface area (TPSA) is 38.3 Å². The van der Waals surface area contributed by atoms with Crippen LogP contribution >= 0.6 is 0 Å². The number of ether oxygens (including phenoxy) is 1. The molecule has 1 amide bonds. The summed E-state index contributed by atoms with van der Waals surface area (Å²) in [7, 11) is 0. The predicted octanol–water partition coefficient (Wildman–Crippen LogP) is 3.77. The van der Waals surface area contributed by atoms with Gasteiger partial charge in [-0.15, -0.1) is 0 Å². The SMILES string of the molecule is CC(C)c1cccc(NC(=O)OCC2CC2)c1. The van der Waals surface area contributed by atoms with E-state index < -0.39 is 0 Å². The summed E-state index contributed by atoms with van der Waals surface area (Å²) >= 11 is 0. The van der Waals surface area contributed by atoms with Crippen molar-refractivity contribution in [1.82, 2.24) is 0 Å². The summed E-state index contributed by atoms with van der Waals surface area (Å²) in [5.74, 6) is 1.06. The van der Waals surface area contributed by atoms with Gasteiger partial charge in [-0.25, -0.2) is 4.79 Å². The van der Waals surface area contributed by atoms with E-state index in [1.807, 2.05) is 18.2 Å². The molecule has 1 aromatic rings. The fourth-order valence-corrected chi connectivity index (χ4v) is 1.61. The van der Waals surface area contributed by atoms with Gasteiger partial charge in [-0.05, 0) is 42.4 Å². The molecule has 0 radical (unpaired) electrons. The number of anilines is 1. The molecule has 0 spiro atoms. The molecule has 1 aliphatic rings. The van der Waals surface area contributed by atoms with Crippen molar-refractivity contribution in [2.24, 2.45) is 5.92 Å². The summed E-state index contributed by atoms with van der Waals surface area (Å²) in [6.07, 6.45) is 2.03. The highest BCUT2D eigenvalue weighted by Gasteiger charge is 2.22. The highest BCUT2D eigenvalue weighted by molar-refractivity contribution is 5.84. The Bertz CT molecular complexity index is 397. The Kier molecular flexibility index (Phi) is 3.67. The Hall–Kier alpha value is -1.51. The van der Waals surface area contributed by atoms with E-state index in [0.717, 1.165) is 5.69 Å². The first-order valence-electron chi connectivity index (χ1n) is 6.19. The molecule has 3 heteroatoms. The highest BCUT2D eigenvalue weighted by Crippen LogP contribution is 2.28. The Morgan fingerprint density at radius 2 is 2.24 bits per heavy atom. The maximum atomic E-state index is 11.5. The number of rotatable bonds is 4. The van der Waals surface area contributed by atoms with Gasteiger partial charge >= 0.3 is 6.09 Å². The van der Waals surface area contributed by atoms with Gasteiger partial charge in [-0.3, -0.25) is 5.32 Å². The highest BCUT2D eigenvalue weighted by atomic mass is 16.5. The van der Waals surface area contributed by atoms with Crippen molar-refractivity contribution in [3.63, 3.8) is 0 Å². The van der Waals surface area contributed by atoms with Crippen molar-refractivity contribution in [3.8, 4) is 0 Å². The van der Waals surface area contributed by atoms with Crippen molar-refractivity contribution in [1.29, 1.82) is 0 Å². The number of nitrogens with one attached hydrogen (secondary N) is 1. The standard InChI is InChI=1S/C14H19NO2/c1-10(2)12-4-3-5-13(8-12)15-14(16)17-9-11-6-7-11/h3-5,8,10-11H,6-7,9H2,1-2H3,(H,15,16). The first-order valence-corrected chi connectivity index (χ1v) is 6.19. The number of benzene rings is 1. The monoisotopic (exact) mass is 233 g/mol. The average molecular weight is 233 g/mol. The normalized spacial score (nSPS) is 14.8.